The van der Waals surface area contributed by atoms with Gasteiger partial charge in [0.2, 0.25) is 0 Å². The zero-order valence-corrected chi connectivity index (χ0v) is 21.2. The van der Waals surface area contributed by atoms with E-state index in [1.807, 2.05) is 0 Å². The predicted molar refractivity (Wildman–Crippen MR) is 114 cm³/mol. The Labute approximate surface area is 129 Å². The van der Waals surface area contributed by atoms with Gasteiger partial charge in [-0.25, -0.2) is 0 Å². The molecule has 0 amide bonds. The molecule has 2 heterocycles. The van der Waals surface area contributed by atoms with Crippen molar-refractivity contribution in [2.24, 2.45) is 0 Å². The third-order valence-corrected chi connectivity index (χ3v) is 245. The molecule has 2 nitrogen and oxygen atoms in total. The van der Waals surface area contributed by atoms with E-state index in [1.54, 1.807) is 9.35 Å². The Hall–Kier alpha value is 1.75. The van der Waals surface area contributed by atoms with Crippen LogP contribution < -0.4 is 0 Å². The van der Waals surface area contributed by atoms with Crippen molar-refractivity contribution in [2.75, 3.05) is 78.0 Å². The molecule has 0 atom stereocenters. The first-order valence-electron chi connectivity index (χ1n) is 8.17. The van der Waals surface area contributed by atoms with E-state index < -0.39 is 32.9 Å². The topological polar surface area (TPSA) is 34.1 Å². The van der Waals surface area contributed by atoms with Crippen LogP contribution >= 0.6 is 21.4 Å². The van der Waals surface area contributed by atoms with Gasteiger partial charge in [-0.3, -0.25) is 0 Å². The van der Waals surface area contributed by atoms with Crippen LogP contribution in [0.2, 0.25) is 0 Å². The summed E-state index contributed by atoms with van der Waals surface area (Å²) >= 11 is -4.37. The molecule has 7 heteroatoms. The second kappa shape index (κ2) is 4.28. The molecule has 0 unspecified atom stereocenters. The summed E-state index contributed by atoms with van der Waals surface area (Å²) in [7, 11) is 0. The Morgan fingerprint density at radius 2 is 0.762 bits per heavy atom. The van der Waals surface area contributed by atoms with Gasteiger partial charge in [0, 0.05) is 0 Å². The Kier molecular flexibility index (Phi) is 3.89. The summed E-state index contributed by atoms with van der Waals surface area (Å²) in [6.07, 6.45) is 5.06. The molecule has 2 aliphatic rings. The molecule has 1 spiro atoms. The third-order valence-electron chi connectivity index (χ3n) is 9.02. The molecule has 0 aromatic rings. The summed E-state index contributed by atoms with van der Waals surface area (Å²) in [5.74, 6) is 0. The van der Waals surface area contributed by atoms with Crippen LogP contribution in [-0.4, -0.2) is 87.3 Å². The van der Waals surface area contributed by atoms with Crippen molar-refractivity contribution in [3.05, 3.63) is 0 Å². The molecule has 2 aliphatic heterocycles. The van der Waals surface area contributed by atoms with Gasteiger partial charge in [0.1, 0.15) is 0 Å². The van der Waals surface area contributed by atoms with Gasteiger partial charge in [0.05, 0.1) is 0 Å². The van der Waals surface area contributed by atoms with Gasteiger partial charge in [-0.2, -0.15) is 0 Å². The minimum atomic E-state index is -4.37. The van der Waals surface area contributed by atoms with Crippen molar-refractivity contribution >= 4 is 30.8 Å². The Bertz CT molecular complexity index is 458. The van der Waals surface area contributed by atoms with E-state index in [0.717, 1.165) is 0 Å². The van der Waals surface area contributed by atoms with Crippen LogP contribution in [0.1, 0.15) is 0 Å². The van der Waals surface area contributed by atoms with Crippen LogP contribution in [-0.2, 0) is 21.1 Å². The second-order valence-electron chi connectivity index (χ2n) is 9.92. The summed E-state index contributed by atoms with van der Waals surface area (Å²) in [6.45, 7) is 19.9. The predicted octanol–water partition coefficient (Wildman–Crippen LogP) is 3.32. The summed E-state index contributed by atoms with van der Waals surface area (Å²) in [5, 5.41) is -7.30. The van der Waals surface area contributed by atoms with Crippen LogP contribution in [0.5, 0.6) is 0 Å². The zero-order valence-electron chi connectivity index (χ0n) is 15.2. The summed E-state index contributed by atoms with van der Waals surface area (Å²) in [5.41, 5.74) is 0. The van der Waals surface area contributed by atoms with Crippen LogP contribution in [0.3, 0.4) is 0 Å². The molecule has 0 saturated carbocycles. The summed E-state index contributed by atoms with van der Waals surface area (Å²) in [4.78, 5) is 26.7. The molecule has 0 aliphatic carbocycles. The van der Waals surface area contributed by atoms with E-state index in [2.05, 4.69) is 53.3 Å². The number of hydrogen-bond donors (Lipinski definition) is 0. The molecule has 2 fully saturated rings. The first kappa shape index (κ1) is 19.1. The molecule has 2 rings (SSSR count). The fourth-order valence-corrected chi connectivity index (χ4v) is 318. The van der Waals surface area contributed by atoms with Crippen molar-refractivity contribution < 1.29 is 21.1 Å². The average molecular weight is 458 g/mol. The first-order valence-corrected chi connectivity index (χ1v) is 35.0. The van der Waals surface area contributed by atoms with E-state index in [1.165, 1.54) is 24.6 Å². The standard InChI is InChI=1S/2C6H16P2.2CHO.Mo/c2*1-7(2)5-6-8(3)4;2*1-2;/h2*5-6H2,1-4H3;2*1H;/q;;;;-4/p+4. The fraction of sp³-hybridized carbons (Fsp3) is 0.857. The summed E-state index contributed by atoms with van der Waals surface area (Å²) in [6, 6.07) is 0. The Morgan fingerprint density at radius 3 is 0.905 bits per heavy atom. The second-order valence-corrected chi connectivity index (χ2v) is 108. The monoisotopic (exact) mass is 460 g/mol. The van der Waals surface area contributed by atoms with Gasteiger partial charge in [-0.1, -0.05) is 0 Å². The fourth-order valence-electron chi connectivity index (χ4n) is 7.84. The quantitative estimate of drug-likeness (QED) is 0.362. The van der Waals surface area contributed by atoms with E-state index in [9.17, 15) is 9.59 Å². The molecule has 2 saturated heterocycles. The molecular weight excluding hydrogens is 420 g/mol. The van der Waals surface area contributed by atoms with Crippen LogP contribution in [0.4, 0.5) is 0 Å². The van der Waals surface area contributed by atoms with Gasteiger partial charge in [0.25, 0.3) is 0 Å². The van der Waals surface area contributed by atoms with E-state index in [0.29, 0.717) is 0 Å². The van der Waals surface area contributed by atoms with Crippen molar-refractivity contribution in [3.63, 3.8) is 0 Å². The van der Waals surface area contributed by atoms with E-state index in [4.69, 9.17) is 0 Å². The molecule has 0 N–H and O–H groups in total. The molecule has 0 aromatic heterocycles. The maximum atomic E-state index is 13.4. The minimum absolute atomic E-state index is 1.27. The van der Waals surface area contributed by atoms with Crippen LogP contribution in [0.15, 0.2) is 0 Å². The van der Waals surface area contributed by atoms with Crippen LogP contribution in [0.25, 0.3) is 0 Å². The van der Waals surface area contributed by atoms with Crippen LogP contribution in [0, 0.1) is 0 Å². The molecule has 21 heavy (non-hydrogen) atoms. The molecule has 0 bridgehead atoms. The molecule has 0 radical (unpaired) electrons. The molecule has 132 valence electrons. The third kappa shape index (κ3) is 1.15. The van der Waals surface area contributed by atoms with Gasteiger partial charge >= 0.3 is 130 Å². The van der Waals surface area contributed by atoms with E-state index in [-0.39, 0.29) is 0 Å². The first-order chi connectivity index (χ1) is 9.22. The van der Waals surface area contributed by atoms with Gasteiger partial charge in [-0.05, 0) is 0 Å². The number of hydrogen-bond acceptors (Lipinski definition) is 2. The van der Waals surface area contributed by atoms with Crippen molar-refractivity contribution in [2.45, 2.75) is 0 Å². The Balaban J connectivity index is 3.30. The Morgan fingerprint density at radius 1 is 0.571 bits per heavy atom. The number of carbonyl (C=O) groups excluding carboxylic acids is 2. The van der Waals surface area contributed by atoms with Crippen molar-refractivity contribution in [1.82, 2.24) is 0 Å². The normalized spacial score (nSPS) is 44.8. The zero-order chi connectivity index (χ0) is 16.7. The average Bonchev–Trinajstić information content (AvgIpc) is 2.62. The van der Waals surface area contributed by atoms with Crippen molar-refractivity contribution in [1.29, 1.82) is 0 Å². The number of rotatable bonds is 2. The molecule has 0 aromatic carbocycles. The van der Waals surface area contributed by atoms with Gasteiger partial charge in [0.15, 0.2) is 0 Å². The summed E-state index contributed by atoms with van der Waals surface area (Å²) < 4.78 is 3.12. The van der Waals surface area contributed by atoms with Crippen molar-refractivity contribution in [3.8, 4) is 0 Å². The SMILES string of the molecule is C[PH]1(C)CC[PH](C)(C)[Mo]12([CH]=O)([CH]=O)[PH](C)(C)CC[PH]2(C)C. The maximum absolute atomic E-state index is 13.4. The molecular formula is C14H38MoO2P4. The van der Waals surface area contributed by atoms with Gasteiger partial charge < -0.3 is 0 Å². The van der Waals surface area contributed by atoms with Gasteiger partial charge in [-0.15, -0.1) is 0 Å². The van der Waals surface area contributed by atoms with E-state index >= 15 is 0 Å². The number of carbonyl (C=O) groups is 2.